The van der Waals surface area contributed by atoms with Gasteiger partial charge in [-0.1, -0.05) is 0 Å². The number of aliphatic hydroxyl groups is 1. The maximum atomic E-state index is 13.0. The van der Waals surface area contributed by atoms with Crippen LogP contribution < -0.4 is 10.1 Å². The molecule has 3 N–H and O–H groups in total. The number of anilines is 1. The Morgan fingerprint density at radius 2 is 2.00 bits per heavy atom. The molecule has 0 radical (unpaired) electrons. The summed E-state index contributed by atoms with van der Waals surface area (Å²) in [5.41, 5.74) is -0.0751. The first-order valence-corrected chi connectivity index (χ1v) is 6.74. The lowest BCUT2D eigenvalue weighted by molar-refractivity contribution is -0.144. The number of hydrogen-bond donors (Lipinski definition) is 3. The van der Waals surface area contributed by atoms with Crippen LogP contribution in [0.1, 0.15) is 12.7 Å². The van der Waals surface area contributed by atoms with Crippen molar-refractivity contribution in [2.45, 2.75) is 25.2 Å². The Morgan fingerprint density at radius 1 is 1.33 bits per heavy atom. The van der Waals surface area contributed by atoms with Crippen molar-refractivity contribution in [1.29, 1.82) is 0 Å². The van der Waals surface area contributed by atoms with Gasteiger partial charge in [-0.2, -0.15) is 13.2 Å². The third kappa shape index (κ3) is 3.65. The van der Waals surface area contributed by atoms with Crippen molar-refractivity contribution in [1.82, 2.24) is 9.97 Å². The van der Waals surface area contributed by atoms with Gasteiger partial charge in [0.15, 0.2) is 6.04 Å². The van der Waals surface area contributed by atoms with Crippen molar-refractivity contribution in [2.75, 3.05) is 12.4 Å². The van der Waals surface area contributed by atoms with Gasteiger partial charge >= 0.3 is 12.1 Å². The molecule has 24 heavy (non-hydrogen) atoms. The van der Waals surface area contributed by atoms with Gasteiger partial charge in [-0.3, -0.25) is 0 Å². The molecule has 0 spiro atoms. The first kappa shape index (κ1) is 17.7. The van der Waals surface area contributed by atoms with Crippen LogP contribution in [-0.4, -0.2) is 45.4 Å². The van der Waals surface area contributed by atoms with Crippen LogP contribution in [0.5, 0.6) is 5.75 Å². The fourth-order valence-corrected chi connectivity index (χ4v) is 2.01. The Morgan fingerprint density at radius 3 is 2.50 bits per heavy atom. The zero-order chi connectivity index (χ0) is 18.1. The third-order valence-electron chi connectivity index (χ3n) is 3.20. The molecule has 2 unspecified atom stereocenters. The van der Waals surface area contributed by atoms with E-state index in [9.17, 15) is 23.1 Å². The van der Waals surface area contributed by atoms with Gasteiger partial charge in [0.05, 0.1) is 18.7 Å². The van der Waals surface area contributed by atoms with E-state index >= 15 is 0 Å². The highest BCUT2D eigenvalue weighted by Crippen LogP contribution is 2.32. The number of alkyl halides is 3. The van der Waals surface area contributed by atoms with E-state index in [2.05, 4.69) is 15.3 Å². The molecule has 2 aromatic rings. The maximum Gasteiger partial charge on any atom is 0.451 e. The van der Waals surface area contributed by atoms with Gasteiger partial charge < -0.3 is 20.3 Å². The van der Waals surface area contributed by atoms with E-state index < -0.39 is 30.1 Å². The second kappa shape index (κ2) is 6.48. The van der Waals surface area contributed by atoms with Crippen LogP contribution in [0.2, 0.25) is 0 Å². The van der Waals surface area contributed by atoms with Gasteiger partial charge in [-0.15, -0.1) is 0 Å². The number of halogens is 3. The van der Waals surface area contributed by atoms with E-state index in [0.29, 0.717) is 0 Å². The summed E-state index contributed by atoms with van der Waals surface area (Å²) >= 11 is 0. The van der Waals surface area contributed by atoms with Crippen LogP contribution in [0.3, 0.4) is 0 Å². The number of hydrogen-bond acceptors (Lipinski definition) is 6. The Labute approximate surface area is 134 Å². The first-order chi connectivity index (χ1) is 11.1. The standard InChI is InChI=1S/C14H14F3N3O4/c1-6(21)10(12(22)23)19-11-8-4-3-7(24-2)5-9(8)18-13(20-11)14(15,16)17/h3-6,10,21H,1-2H3,(H,22,23)(H,18,19,20). The normalized spacial score (nSPS) is 14.2. The van der Waals surface area contributed by atoms with E-state index in [1.807, 2.05) is 0 Å². The van der Waals surface area contributed by atoms with E-state index in [1.165, 1.54) is 32.2 Å². The lowest BCUT2D eigenvalue weighted by Gasteiger charge is -2.19. The predicted octanol–water partition coefficient (Wildman–Crippen LogP) is 1.90. The second-order valence-corrected chi connectivity index (χ2v) is 4.98. The minimum Gasteiger partial charge on any atom is -0.497 e. The summed E-state index contributed by atoms with van der Waals surface area (Å²) in [5, 5.41) is 21.1. The monoisotopic (exact) mass is 345 g/mol. The summed E-state index contributed by atoms with van der Waals surface area (Å²) < 4.78 is 43.9. The topological polar surface area (TPSA) is 105 Å². The van der Waals surface area contributed by atoms with Gasteiger partial charge in [0.2, 0.25) is 5.82 Å². The number of carboxylic acid groups (broad SMARTS) is 1. The molecule has 2 atom stereocenters. The number of aromatic nitrogens is 2. The van der Waals surface area contributed by atoms with E-state index in [-0.39, 0.29) is 22.5 Å². The van der Waals surface area contributed by atoms with Crippen molar-refractivity contribution < 1.29 is 32.9 Å². The smallest absolute Gasteiger partial charge is 0.451 e. The second-order valence-electron chi connectivity index (χ2n) is 4.98. The Balaban J connectivity index is 2.63. The van der Waals surface area contributed by atoms with Gasteiger partial charge in [0, 0.05) is 11.5 Å². The number of ether oxygens (including phenoxy) is 1. The Bertz CT molecular complexity index is 765. The summed E-state index contributed by atoms with van der Waals surface area (Å²) in [6.45, 7) is 1.20. The lowest BCUT2D eigenvalue weighted by atomic mass is 10.1. The van der Waals surface area contributed by atoms with Gasteiger partial charge in [0.25, 0.3) is 0 Å². The minimum atomic E-state index is -4.82. The quantitative estimate of drug-likeness (QED) is 0.760. The number of methoxy groups -OCH3 is 1. The average molecular weight is 345 g/mol. The molecule has 0 fully saturated rings. The number of aliphatic hydroxyl groups excluding tert-OH is 1. The molecular weight excluding hydrogens is 331 g/mol. The molecular formula is C14H14F3N3O4. The van der Waals surface area contributed by atoms with Gasteiger partial charge in [0.1, 0.15) is 11.6 Å². The summed E-state index contributed by atoms with van der Waals surface area (Å²) in [5.74, 6) is -2.92. The summed E-state index contributed by atoms with van der Waals surface area (Å²) in [6.07, 6.45) is -6.18. The number of carbonyl (C=O) groups is 1. The third-order valence-corrected chi connectivity index (χ3v) is 3.20. The zero-order valence-electron chi connectivity index (χ0n) is 12.6. The molecule has 1 heterocycles. The van der Waals surface area contributed by atoms with Gasteiger partial charge in [-0.25, -0.2) is 14.8 Å². The van der Waals surface area contributed by atoms with Crippen LogP contribution in [-0.2, 0) is 11.0 Å². The zero-order valence-corrected chi connectivity index (χ0v) is 12.6. The van der Waals surface area contributed by atoms with Crippen LogP contribution in [0.4, 0.5) is 19.0 Å². The van der Waals surface area contributed by atoms with Crippen molar-refractivity contribution in [3.05, 3.63) is 24.0 Å². The molecule has 7 nitrogen and oxygen atoms in total. The van der Waals surface area contributed by atoms with Crippen molar-refractivity contribution in [2.24, 2.45) is 0 Å². The largest absolute Gasteiger partial charge is 0.497 e. The number of nitrogens with one attached hydrogen (secondary N) is 1. The molecule has 0 saturated carbocycles. The molecule has 1 aromatic carbocycles. The molecule has 0 aliphatic rings. The number of carboxylic acids is 1. The van der Waals surface area contributed by atoms with E-state index in [1.54, 1.807) is 0 Å². The lowest BCUT2D eigenvalue weighted by Crippen LogP contribution is -2.39. The van der Waals surface area contributed by atoms with Gasteiger partial charge in [-0.05, 0) is 19.1 Å². The first-order valence-electron chi connectivity index (χ1n) is 6.74. The number of benzene rings is 1. The molecule has 2 rings (SSSR count). The highest BCUT2D eigenvalue weighted by atomic mass is 19.4. The Kier molecular flexibility index (Phi) is 4.78. The fraction of sp³-hybridized carbons (Fsp3) is 0.357. The fourth-order valence-electron chi connectivity index (χ4n) is 2.01. The molecule has 0 aliphatic carbocycles. The number of rotatable bonds is 5. The van der Waals surface area contributed by atoms with Crippen LogP contribution >= 0.6 is 0 Å². The molecule has 0 aliphatic heterocycles. The summed E-state index contributed by atoms with van der Waals surface area (Å²) in [7, 11) is 1.35. The molecule has 10 heteroatoms. The van der Waals surface area contributed by atoms with E-state index in [4.69, 9.17) is 9.84 Å². The maximum absolute atomic E-state index is 13.0. The number of nitrogens with zero attached hydrogens (tertiary/aromatic N) is 2. The molecule has 1 aromatic heterocycles. The Hall–Kier alpha value is -2.62. The van der Waals surface area contributed by atoms with Crippen LogP contribution in [0.25, 0.3) is 10.9 Å². The summed E-state index contributed by atoms with van der Waals surface area (Å²) in [4.78, 5) is 18.0. The molecule has 0 bridgehead atoms. The summed E-state index contributed by atoms with van der Waals surface area (Å²) in [6, 6.07) is 2.61. The number of fused-ring (bicyclic) bond motifs is 1. The van der Waals surface area contributed by atoms with E-state index in [0.717, 1.165) is 0 Å². The number of aliphatic carboxylic acids is 1. The SMILES string of the molecule is COc1ccc2c(NC(C(=O)O)C(C)O)nc(C(F)(F)F)nc2c1. The highest BCUT2D eigenvalue weighted by molar-refractivity contribution is 5.92. The van der Waals surface area contributed by atoms with Crippen molar-refractivity contribution in [3.8, 4) is 5.75 Å². The average Bonchev–Trinajstić information content (AvgIpc) is 2.49. The highest BCUT2D eigenvalue weighted by Gasteiger charge is 2.36. The van der Waals surface area contributed by atoms with Crippen LogP contribution in [0.15, 0.2) is 18.2 Å². The van der Waals surface area contributed by atoms with Crippen LogP contribution in [0, 0.1) is 0 Å². The van der Waals surface area contributed by atoms with Crippen molar-refractivity contribution >= 4 is 22.7 Å². The minimum absolute atomic E-state index is 0.0751. The predicted molar refractivity (Wildman–Crippen MR) is 77.8 cm³/mol. The van der Waals surface area contributed by atoms with Crippen molar-refractivity contribution in [3.63, 3.8) is 0 Å². The molecule has 0 amide bonds. The molecule has 130 valence electrons. The molecule has 0 saturated heterocycles.